The smallest absolute Gasteiger partial charge is 0.260 e. The topological polar surface area (TPSA) is 60.7 Å². The van der Waals surface area contributed by atoms with Crippen LogP contribution in [0.15, 0.2) is 75.7 Å². The van der Waals surface area contributed by atoms with Crippen LogP contribution in [-0.4, -0.2) is 17.4 Å². The lowest BCUT2D eigenvalue weighted by molar-refractivity contribution is 0.387. The van der Waals surface area contributed by atoms with Gasteiger partial charge < -0.3 is 4.74 Å². The molecule has 5 nitrogen and oxygen atoms in total. The zero-order valence-corrected chi connectivity index (χ0v) is 21.7. The van der Waals surface area contributed by atoms with Gasteiger partial charge in [-0.05, 0) is 42.3 Å². The summed E-state index contributed by atoms with van der Waals surface area (Å²) in [5, 5.41) is 3.54. The van der Waals surface area contributed by atoms with E-state index in [0.29, 0.717) is 16.2 Å². The maximum Gasteiger partial charge on any atom is 0.260 e. The Morgan fingerprint density at radius 3 is 2.31 bits per heavy atom. The van der Waals surface area contributed by atoms with E-state index in [2.05, 4.69) is 5.18 Å². The maximum atomic E-state index is 15.5. The summed E-state index contributed by atoms with van der Waals surface area (Å²) in [6.45, 7) is 1.59. The monoisotopic (exact) mass is 554 g/mol. The van der Waals surface area contributed by atoms with Crippen molar-refractivity contribution in [3.8, 4) is 16.9 Å². The highest BCUT2D eigenvalue weighted by atomic mass is 32.2. The molecular formula is C29H22F4N2O3S. The van der Waals surface area contributed by atoms with Crippen LogP contribution in [-0.2, 0) is 6.42 Å². The molecule has 0 saturated heterocycles. The number of halogens is 4. The molecule has 0 fully saturated rings. The molecule has 1 aromatic heterocycles. The first-order valence-electron chi connectivity index (χ1n) is 12.0. The minimum atomic E-state index is -1.28. The molecule has 10 heteroatoms. The number of pyridine rings is 1. The van der Waals surface area contributed by atoms with Gasteiger partial charge in [0.1, 0.15) is 23.5 Å². The van der Waals surface area contributed by atoms with Crippen molar-refractivity contribution in [1.82, 2.24) is 4.57 Å². The normalized spacial score (nSPS) is 15.2. The van der Waals surface area contributed by atoms with Gasteiger partial charge in [-0.25, -0.2) is 17.6 Å². The van der Waals surface area contributed by atoms with E-state index in [1.54, 1.807) is 13.0 Å². The molecule has 0 bridgehead atoms. The number of rotatable bonds is 7. The van der Waals surface area contributed by atoms with Crippen LogP contribution in [0.1, 0.15) is 34.3 Å². The van der Waals surface area contributed by atoms with E-state index in [1.165, 1.54) is 65.9 Å². The standard InChI is InChI=1S/C29H22F4N2O3S/c1-15-18(13-19-21(31)10-6-11-22(19)32)29-35(28(36)25(15)17-8-5-12-24(38-2)26(17)33)23(14-39-29)27(34-37)16-7-3-4-9-20(16)30/h3-12,23,27H,13-14H2,1-2H3. The first kappa shape index (κ1) is 26.7. The zero-order chi connectivity index (χ0) is 27.8. The Hall–Kier alpha value is -3.92. The molecule has 0 radical (unpaired) electrons. The number of aromatic nitrogens is 1. The molecular weight excluding hydrogens is 532 g/mol. The van der Waals surface area contributed by atoms with Gasteiger partial charge in [-0.3, -0.25) is 9.36 Å². The molecule has 0 aliphatic carbocycles. The maximum absolute atomic E-state index is 15.5. The van der Waals surface area contributed by atoms with E-state index in [9.17, 15) is 22.9 Å². The third-order valence-corrected chi connectivity index (χ3v) is 8.25. The predicted molar refractivity (Wildman–Crippen MR) is 141 cm³/mol. The molecule has 200 valence electrons. The van der Waals surface area contributed by atoms with Crippen LogP contribution < -0.4 is 10.3 Å². The van der Waals surface area contributed by atoms with Crippen LogP contribution >= 0.6 is 11.8 Å². The number of methoxy groups -OCH3 is 1. The number of nitrogens with zero attached hydrogens (tertiary/aromatic N) is 2. The van der Waals surface area contributed by atoms with Crippen molar-refractivity contribution in [1.29, 1.82) is 0 Å². The molecule has 1 aliphatic heterocycles. The molecule has 2 unspecified atom stereocenters. The predicted octanol–water partition coefficient (Wildman–Crippen LogP) is 7.13. The second kappa shape index (κ2) is 10.7. The Balaban J connectivity index is 1.80. The highest BCUT2D eigenvalue weighted by Gasteiger charge is 2.38. The first-order chi connectivity index (χ1) is 18.8. The number of fused-ring (bicyclic) bond motifs is 1. The number of hydrogen-bond acceptors (Lipinski definition) is 5. The fraction of sp³-hybridized carbons (Fsp3) is 0.207. The van der Waals surface area contributed by atoms with Gasteiger partial charge in [0.2, 0.25) is 0 Å². The molecule has 1 aliphatic rings. The molecule has 2 heterocycles. The molecule has 3 aromatic carbocycles. The van der Waals surface area contributed by atoms with Crippen molar-refractivity contribution >= 4 is 11.8 Å². The number of hydrogen-bond donors (Lipinski definition) is 0. The molecule has 0 amide bonds. The van der Waals surface area contributed by atoms with Crippen LogP contribution in [0.5, 0.6) is 5.75 Å². The van der Waals surface area contributed by atoms with Gasteiger partial charge in [0.05, 0.1) is 23.7 Å². The van der Waals surface area contributed by atoms with Crippen LogP contribution in [0, 0.1) is 35.1 Å². The number of thioether (sulfide) groups is 1. The number of ether oxygens (including phenoxy) is 1. The third-order valence-electron chi connectivity index (χ3n) is 7.03. The molecule has 0 saturated carbocycles. The van der Waals surface area contributed by atoms with E-state index < -0.39 is 40.9 Å². The van der Waals surface area contributed by atoms with E-state index in [1.807, 2.05) is 0 Å². The Morgan fingerprint density at radius 1 is 0.974 bits per heavy atom. The van der Waals surface area contributed by atoms with E-state index in [-0.39, 0.29) is 40.2 Å². The van der Waals surface area contributed by atoms with Crippen LogP contribution in [0.2, 0.25) is 0 Å². The first-order valence-corrected chi connectivity index (χ1v) is 13.0. The van der Waals surface area contributed by atoms with Crippen LogP contribution in [0.3, 0.4) is 0 Å². The second-order valence-electron chi connectivity index (χ2n) is 9.11. The molecule has 2 atom stereocenters. The molecule has 39 heavy (non-hydrogen) atoms. The SMILES string of the molecule is COc1cccc(-c2c(C)c(Cc3c(F)cccc3F)c3n(c2=O)C(C(N=O)c2ccccc2F)CS3)c1F. The van der Waals surface area contributed by atoms with Crippen molar-refractivity contribution in [3.63, 3.8) is 0 Å². The summed E-state index contributed by atoms with van der Waals surface area (Å²) in [5.74, 6) is -2.92. The van der Waals surface area contributed by atoms with Crippen molar-refractivity contribution in [2.24, 2.45) is 5.18 Å². The van der Waals surface area contributed by atoms with Crippen molar-refractivity contribution in [2.45, 2.75) is 30.5 Å². The van der Waals surface area contributed by atoms with Gasteiger partial charge in [-0.15, -0.1) is 11.8 Å². The summed E-state index contributed by atoms with van der Waals surface area (Å²) in [5.41, 5.74) is -0.242. The van der Waals surface area contributed by atoms with Crippen LogP contribution in [0.4, 0.5) is 17.6 Å². The van der Waals surface area contributed by atoms with Gasteiger partial charge >= 0.3 is 0 Å². The van der Waals surface area contributed by atoms with Crippen molar-refractivity contribution in [2.75, 3.05) is 12.9 Å². The van der Waals surface area contributed by atoms with Gasteiger partial charge in [0, 0.05) is 28.9 Å². The lowest BCUT2D eigenvalue weighted by Crippen LogP contribution is -2.30. The van der Waals surface area contributed by atoms with Gasteiger partial charge in [-0.1, -0.05) is 41.6 Å². The Kier molecular flexibility index (Phi) is 7.31. The third kappa shape index (κ3) is 4.52. The zero-order valence-electron chi connectivity index (χ0n) is 20.9. The fourth-order valence-corrected chi connectivity index (χ4v) is 6.49. The summed E-state index contributed by atoms with van der Waals surface area (Å²) >= 11 is 1.20. The highest BCUT2D eigenvalue weighted by Crippen LogP contribution is 2.45. The average molecular weight is 555 g/mol. The lowest BCUT2D eigenvalue weighted by Gasteiger charge is -2.23. The van der Waals surface area contributed by atoms with Gasteiger partial charge in [0.25, 0.3) is 5.56 Å². The average Bonchev–Trinajstić information content (AvgIpc) is 3.35. The Morgan fingerprint density at radius 2 is 1.64 bits per heavy atom. The van der Waals surface area contributed by atoms with E-state index >= 15 is 4.39 Å². The van der Waals surface area contributed by atoms with E-state index in [0.717, 1.165) is 12.1 Å². The summed E-state index contributed by atoms with van der Waals surface area (Å²) in [4.78, 5) is 26.1. The number of nitroso groups, excluding NO2 is 1. The quantitative estimate of drug-likeness (QED) is 0.180. The molecule has 5 rings (SSSR count). The van der Waals surface area contributed by atoms with Gasteiger partial charge in [-0.2, -0.15) is 4.91 Å². The van der Waals surface area contributed by atoms with Crippen molar-refractivity contribution in [3.05, 3.63) is 121 Å². The van der Waals surface area contributed by atoms with Gasteiger partial charge in [0.15, 0.2) is 11.6 Å². The lowest BCUT2D eigenvalue weighted by atomic mass is 9.93. The molecule has 4 aromatic rings. The van der Waals surface area contributed by atoms with Crippen LogP contribution in [0.25, 0.3) is 11.1 Å². The number of benzene rings is 3. The summed E-state index contributed by atoms with van der Waals surface area (Å²) in [7, 11) is 1.29. The second-order valence-corrected chi connectivity index (χ2v) is 10.1. The van der Waals surface area contributed by atoms with E-state index in [4.69, 9.17) is 4.74 Å². The summed E-state index contributed by atoms with van der Waals surface area (Å²) in [6, 6.07) is 11.3. The summed E-state index contributed by atoms with van der Waals surface area (Å²) in [6.07, 6.45) is -0.239. The fourth-order valence-electron chi connectivity index (χ4n) is 5.07. The Labute approximate surface area is 225 Å². The molecule has 0 N–H and O–H groups in total. The highest BCUT2D eigenvalue weighted by molar-refractivity contribution is 7.99. The molecule has 0 spiro atoms. The minimum Gasteiger partial charge on any atom is -0.494 e. The minimum absolute atomic E-state index is 0.00855. The Bertz CT molecular complexity index is 1640. The van der Waals surface area contributed by atoms with Crippen molar-refractivity contribution < 1.29 is 22.3 Å². The summed E-state index contributed by atoms with van der Waals surface area (Å²) < 4.78 is 66.0. The largest absolute Gasteiger partial charge is 0.494 e.